The number of rotatable bonds is 4. The summed E-state index contributed by atoms with van der Waals surface area (Å²) in [5.41, 5.74) is 5.06. The molecule has 5 heteroatoms. The van der Waals surface area contributed by atoms with Crippen LogP contribution in [0.2, 0.25) is 0 Å². The van der Waals surface area contributed by atoms with Crippen molar-refractivity contribution in [2.24, 2.45) is 0 Å². The van der Waals surface area contributed by atoms with Gasteiger partial charge in [0.25, 0.3) is 0 Å². The molecule has 0 radical (unpaired) electrons. The smallest absolute Gasteiger partial charge is 0.250 e. The van der Waals surface area contributed by atoms with Crippen LogP contribution in [0.1, 0.15) is 29.7 Å². The van der Waals surface area contributed by atoms with Gasteiger partial charge in [0.2, 0.25) is 5.91 Å². The summed E-state index contributed by atoms with van der Waals surface area (Å²) in [6.07, 6.45) is 0. The predicted octanol–water partition coefficient (Wildman–Crippen LogP) is 5.63. The maximum absolute atomic E-state index is 13.6. The van der Waals surface area contributed by atoms with Gasteiger partial charge in [-0.15, -0.1) is 0 Å². The van der Waals surface area contributed by atoms with Gasteiger partial charge in [-0.3, -0.25) is 4.79 Å². The Morgan fingerprint density at radius 3 is 2.50 bits per heavy atom. The van der Waals surface area contributed by atoms with Gasteiger partial charge in [-0.2, -0.15) is 0 Å². The molecule has 2 heterocycles. The predicted molar refractivity (Wildman–Crippen MR) is 125 cm³/mol. The number of fused-ring (bicyclic) bond motifs is 2. The zero-order valence-corrected chi connectivity index (χ0v) is 17.6. The number of para-hydroxylation sites is 1. The summed E-state index contributed by atoms with van der Waals surface area (Å²) in [5, 5.41) is 7.49. The van der Waals surface area contributed by atoms with Gasteiger partial charge < -0.3 is 10.6 Å². The van der Waals surface area contributed by atoms with E-state index < -0.39 is 6.04 Å². The second kappa shape index (κ2) is 8.27. The second-order valence-corrected chi connectivity index (χ2v) is 7.91. The van der Waals surface area contributed by atoms with Crippen molar-refractivity contribution in [1.82, 2.24) is 10.3 Å². The van der Waals surface area contributed by atoms with Crippen molar-refractivity contribution in [1.29, 1.82) is 0 Å². The van der Waals surface area contributed by atoms with E-state index in [4.69, 9.17) is 4.98 Å². The largest absolute Gasteiger partial charge is 0.358 e. The SMILES string of the molecule is CC1=C(C(=O)NCc2ccccc2)C(c2ccc(F)cc2)Nc2nc3ccccc3cc21. The van der Waals surface area contributed by atoms with Crippen molar-refractivity contribution < 1.29 is 9.18 Å². The number of hydrogen-bond donors (Lipinski definition) is 2. The van der Waals surface area contributed by atoms with Gasteiger partial charge in [0.05, 0.1) is 11.6 Å². The van der Waals surface area contributed by atoms with E-state index in [0.29, 0.717) is 12.1 Å². The molecule has 1 unspecified atom stereocenters. The molecule has 158 valence electrons. The Hall–Kier alpha value is -3.99. The maximum atomic E-state index is 13.6. The van der Waals surface area contributed by atoms with E-state index in [1.807, 2.05) is 61.5 Å². The summed E-state index contributed by atoms with van der Waals surface area (Å²) < 4.78 is 13.6. The average molecular weight is 423 g/mol. The fraction of sp³-hybridized carbons (Fsp3) is 0.111. The molecule has 0 bridgehead atoms. The van der Waals surface area contributed by atoms with E-state index >= 15 is 0 Å². The number of hydrogen-bond acceptors (Lipinski definition) is 3. The van der Waals surface area contributed by atoms with E-state index in [0.717, 1.165) is 39.0 Å². The number of nitrogens with zero attached hydrogens (tertiary/aromatic N) is 1. The van der Waals surface area contributed by atoms with Crippen molar-refractivity contribution >= 4 is 28.2 Å². The lowest BCUT2D eigenvalue weighted by atomic mass is 9.87. The molecule has 5 rings (SSSR count). The Morgan fingerprint density at radius 1 is 1.00 bits per heavy atom. The number of carbonyl (C=O) groups excluding carboxylic acids is 1. The molecule has 0 saturated heterocycles. The van der Waals surface area contributed by atoms with Crippen LogP contribution in [0.3, 0.4) is 0 Å². The summed E-state index contributed by atoms with van der Waals surface area (Å²) in [5.74, 6) is 0.243. The highest BCUT2D eigenvalue weighted by Crippen LogP contribution is 2.40. The van der Waals surface area contributed by atoms with Gasteiger partial charge >= 0.3 is 0 Å². The van der Waals surface area contributed by atoms with Crippen molar-refractivity contribution in [3.8, 4) is 0 Å². The molecule has 2 N–H and O–H groups in total. The average Bonchev–Trinajstić information content (AvgIpc) is 2.82. The molecule has 4 nitrogen and oxygen atoms in total. The summed E-state index contributed by atoms with van der Waals surface area (Å²) in [7, 11) is 0. The highest BCUT2D eigenvalue weighted by molar-refractivity contribution is 6.06. The fourth-order valence-electron chi connectivity index (χ4n) is 4.16. The molecule has 4 aromatic rings. The minimum Gasteiger partial charge on any atom is -0.358 e. The van der Waals surface area contributed by atoms with Crippen LogP contribution in [0.25, 0.3) is 16.5 Å². The Balaban J connectivity index is 1.58. The third-order valence-electron chi connectivity index (χ3n) is 5.85. The number of halogens is 1. The van der Waals surface area contributed by atoms with Crippen LogP contribution in [-0.4, -0.2) is 10.9 Å². The number of carbonyl (C=O) groups is 1. The lowest BCUT2D eigenvalue weighted by molar-refractivity contribution is -0.117. The topological polar surface area (TPSA) is 54.0 Å². The maximum Gasteiger partial charge on any atom is 0.250 e. The molecule has 32 heavy (non-hydrogen) atoms. The first kappa shape index (κ1) is 19.9. The number of nitrogens with one attached hydrogen (secondary N) is 2. The van der Waals surface area contributed by atoms with Crippen molar-refractivity contribution in [3.05, 3.63) is 113 Å². The van der Waals surface area contributed by atoms with E-state index in [-0.39, 0.29) is 11.7 Å². The fourth-order valence-corrected chi connectivity index (χ4v) is 4.16. The van der Waals surface area contributed by atoms with Gasteiger partial charge in [-0.05, 0) is 47.9 Å². The minimum atomic E-state index is -0.437. The second-order valence-electron chi connectivity index (χ2n) is 7.91. The molecule has 1 atom stereocenters. The highest BCUT2D eigenvalue weighted by atomic mass is 19.1. The van der Waals surface area contributed by atoms with Crippen molar-refractivity contribution in [3.63, 3.8) is 0 Å². The zero-order chi connectivity index (χ0) is 22.1. The summed E-state index contributed by atoms with van der Waals surface area (Å²) in [4.78, 5) is 18.2. The van der Waals surface area contributed by atoms with Gasteiger partial charge in [0.1, 0.15) is 11.6 Å². The Bertz CT molecular complexity index is 1330. The lowest BCUT2D eigenvalue weighted by Gasteiger charge is -2.30. The number of aromatic nitrogens is 1. The monoisotopic (exact) mass is 423 g/mol. The Morgan fingerprint density at radius 2 is 1.72 bits per heavy atom. The van der Waals surface area contributed by atoms with Gasteiger partial charge in [0.15, 0.2) is 0 Å². The Kier molecular flexibility index (Phi) is 5.15. The molecule has 1 aliphatic heterocycles. The van der Waals surface area contributed by atoms with E-state index in [1.54, 1.807) is 12.1 Å². The van der Waals surface area contributed by atoms with Crippen LogP contribution in [0.15, 0.2) is 90.5 Å². The lowest BCUT2D eigenvalue weighted by Crippen LogP contribution is -2.32. The molecule has 3 aromatic carbocycles. The molecule has 1 amide bonds. The first-order chi connectivity index (χ1) is 15.6. The summed E-state index contributed by atoms with van der Waals surface area (Å²) in [6, 6.07) is 25.5. The van der Waals surface area contributed by atoms with Crippen LogP contribution in [0, 0.1) is 5.82 Å². The van der Waals surface area contributed by atoms with Gasteiger partial charge in [0, 0.05) is 23.1 Å². The minimum absolute atomic E-state index is 0.160. The molecule has 0 spiro atoms. The van der Waals surface area contributed by atoms with E-state index in [1.165, 1.54) is 12.1 Å². The summed E-state index contributed by atoms with van der Waals surface area (Å²) in [6.45, 7) is 2.37. The van der Waals surface area contributed by atoms with Gasteiger partial charge in [-0.25, -0.2) is 9.37 Å². The van der Waals surface area contributed by atoms with Crippen molar-refractivity contribution in [2.75, 3.05) is 5.32 Å². The third-order valence-corrected chi connectivity index (χ3v) is 5.85. The number of anilines is 1. The number of allylic oxidation sites excluding steroid dienone is 1. The Labute approximate surface area is 185 Å². The van der Waals surface area contributed by atoms with Crippen LogP contribution < -0.4 is 10.6 Å². The summed E-state index contributed by atoms with van der Waals surface area (Å²) >= 11 is 0. The quantitative estimate of drug-likeness (QED) is 0.447. The standard InChI is InChI=1S/C27H22FN3O/c1-17-22-15-20-9-5-6-10-23(20)30-26(22)31-25(19-11-13-21(28)14-12-19)24(17)27(32)29-16-18-7-3-2-4-8-18/h2-15,25H,16H2,1H3,(H,29,32)(H,30,31). The zero-order valence-electron chi connectivity index (χ0n) is 17.6. The first-order valence-electron chi connectivity index (χ1n) is 10.6. The van der Waals surface area contributed by atoms with Crippen LogP contribution >= 0.6 is 0 Å². The third kappa shape index (κ3) is 3.73. The van der Waals surface area contributed by atoms with Crippen molar-refractivity contribution in [2.45, 2.75) is 19.5 Å². The number of pyridine rings is 1. The van der Waals surface area contributed by atoms with E-state index in [2.05, 4.69) is 16.7 Å². The molecular weight excluding hydrogens is 401 g/mol. The molecule has 1 aromatic heterocycles. The number of benzene rings is 3. The molecule has 0 saturated carbocycles. The molecule has 1 aliphatic rings. The van der Waals surface area contributed by atoms with Gasteiger partial charge in [-0.1, -0.05) is 60.7 Å². The van der Waals surface area contributed by atoms with Crippen LogP contribution in [0.5, 0.6) is 0 Å². The van der Waals surface area contributed by atoms with Crippen LogP contribution in [-0.2, 0) is 11.3 Å². The molecule has 0 fully saturated rings. The molecule has 0 aliphatic carbocycles. The van der Waals surface area contributed by atoms with Crippen LogP contribution in [0.4, 0.5) is 10.2 Å². The highest BCUT2D eigenvalue weighted by Gasteiger charge is 2.31. The number of amides is 1. The first-order valence-corrected chi connectivity index (χ1v) is 10.6. The molecular formula is C27H22FN3O. The van der Waals surface area contributed by atoms with E-state index in [9.17, 15) is 9.18 Å². The normalized spacial score (nSPS) is 15.2.